The van der Waals surface area contributed by atoms with Crippen LogP contribution in [0.1, 0.15) is 29.4 Å². The molecule has 24 heavy (non-hydrogen) atoms. The number of fused-ring (bicyclic) bond motifs is 1. The third-order valence-corrected chi connectivity index (χ3v) is 4.19. The van der Waals surface area contributed by atoms with Gasteiger partial charge >= 0.3 is 0 Å². The molecule has 0 aliphatic heterocycles. The van der Waals surface area contributed by atoms with Crippen molar-refractivity contribution in [2.75, 3.05) is 12.4 Å². The lowest BCUT2D eigenvalue weighted by molar-refractivity contribution is 0.373. The Morgan fingerprint density at radius 1 is 1.25 bits per heavy atom. The first-order chi connectivity index (χ1) is 11.5. The van der Waals surface area contributed by atoms with Crippen molar-refractivity contribution >= 4 is 11.5 Å². The smallest absolute Gasteiger partial charge is 0.160 e. The maximum absolute atomic E-state index is 9.70. The lowest BCUT2D eigenvalue weighted by atomic mass is 10.2. The van der Waals surface area contributed by atoms with Crippen LogP contribution in [0.2, 0.25) is 0 Å². The number of ether oxygens (including phenoxy) is 1. The minimum absolute atomic E-state index is 0.138. The van der Waals surface area contributed by atoms with Crippen LogP contribution in [-0.4, -0.2) is 26.8 Å². The number of hydrogen-bond acceptors (Lipinski definition) is 5. The minimum Gasteiger partial charge on any atom is -0.504 e. The van der Waals surface area contributed by atoms with Gasteiger partial charge in [0.05, 0.1) is 12.8 Å². The minimum atomic E-state index is 0.138. The fraction of sp³-hybridized carbons (Fsp3) is 0.333. The molecule has 0 unspecified atom stereocenters. The Morgan fingerprint density at radius 3 is 2.75 bits per heavy atom. The highest BCUT2D eigenvalue weighted by Gasteiger charge is 2.12. The van der Waals surface area contributed by atoms with Crippen molar-refractivity contribution in [2.24, 2.45) is 0 Å². The van der Waals surface area contributed by atoms with Crippen molar-refractivity contribution in [3.8, 4) is 11.5 Å². The van der Waals surface area contributed by atoms with E-state index in [9.17, 15) is 5.11 Å². The zero-order valence-electron chi connectivity index (χ0n) is 14.4. The van der Waals surface area contributed by atoms with Crippen LogP contribution >= 0.6 is 0 Å². The van der Waals surface area contributed by atoms with Gasteiger partial charge in [-0.2, -0.15) is 9.61 Å². The largest absolute Gasteiger partial charge is 0.504 e. The number of aromatic nitrogens is 3. The molecule has 0 amide bonds. The maximum atomic E-state index is 9.70. The van der Waals surface area contributed by atoms with Gasteiger partial charge in [-0.3, -0.25) is 0 Å². The molecule has 6 nitrogen and oxygen atoms in total. The van der Waals surface area contributed by atoms with Gasteiger partial charge in [0.1, 0.15) is 5.82 Å². The lowest BCUT2D eigenvalue weighted by Crippen LogP contribution is -2.07. The second kappa shape index (κ2) is 6.39. The third kappa shape index (κ3) is 2.87. The number of phenolic OH excluding ortho intramolecular Hbond substituents is 1. The summed E-state index contributed by atoms with van der Waals surface area (Å²) in [5.41, 5.74) is 4.99. The normalized spacial score (nSPS) is 11.0. The molecule has 0 aliphatic rings. The predicted molar refractivity (Wildman–Crippen MR) is 93.8 cm³/mol. The molecule has 3 rings (SSSR count). The Bertz CT molecular complexity index is 886. The van der Waals surface area contributed by atoms with Crippen LogP contribution in [0.15, 0.2) is 24.3 Å². The van der Waals surface area contributed by atoms with Gasteiger partial charge < -0.3 is 15.2 Å². The monoisotopic (exact) mass is 326 g/mol. The second-order valence-electron chi connectivity index (χ2n) is 5.79. The molecular weight excluding hydrogens is 304 g/mol. The van der Waals surface area contributed by atoms with Gasteiger partial charge in [0.25, 0.3) is 0 Å². The number of anilines is 1. The zero-order valence-corrected chi connectivity index (χ0v) is 14.4. The molecular formula is C18H22N4O2. The molecule has 0 bridgehead atoms. The van der Waals surface area contributed by atoms with Crippen LogP contribution in [0.4, 0.5) is 5.82 Å². The average Bonchev–Trinajstić information content (AvgIpc) is 2.88. The summed E-state index contributed by atoms with van der Waals surface area (Å²) in [4.78, 5) is 4.68. The number of hydrogen-bond donors (Lipinski definition) is 2. The highest BCUT2D eigenvalue weighted by Crippen LogP contribution is 2.27. The first-order valence-electron chi connectivity index (χ1n) is 7.99. The molecule has 0 fully saturated rings. The summed E-state index contributed by atoms with van der Waals surface area (Å²) in [6.45, 7) is 6.71. The molecule has 0 radical (unpaired) electrons. The van der Waals surface area contributed by atoms with Crippen LogP contribution in [-0.2, 0) is 13.0 Å². The van der Waals surface area contributed by atoms with E-state index in [1.165, 1.54) is 0 Å². The summed E-state index contributed by atoms with van der Waals surface area (Å²) in [5.74, 6) is 1.51. The summed E-state index contributed by atoms with van der Waals surface area (Å²) >= 11 is 0. The molecule has 0 spiro atoms. The number of nitrogens with one attached hydrogen (secondary N) is 1. The van der Waals surface area contributed by atoms with Crippen molar-refractivity contribution < 1.29 is 9.84 Å². The van der Waals surface area contributed by atoms with E-state index in [0.717, 1.165) is 40.4 Å². The molecule has 2 N–H and O–H groups in total. The summed E-state index contributed by atoms with van der Waals surface area (Å²) < 4.78 is 7.01. The summed E-state index contributed by atoms with van der Waals surface area (Å²) in [7, 11) is 1.54. The van der Waals surface area contributed by atoms with Crippen LogP contribution in [0, 0.1) is 13.8 Å². The van der Waals surface area contributed by atoms with Crippen molar-refractivity contribution in [2.45, 2.75) is 33.7 Å². The summed E-state index contributed by atoms with van der Waals surface area (Å²) in [6.07, 6.45) is 0.863. The molecule has 126 valence electrons. The Balaban J connectivity index is 1.93. The zero-order chi connectivity index (χ0) is 17.3. The molecule has 2 heterocycles. The molecule has 6 heteroatoms. The Labute approximate surface area is 141 Å². The van der Waals surface area contributed by atoms with Gasteiger partial charge in [-0.05, 0) is 38.0 Å². The van der Waals surface area contributed by atoms with Crippen LogP contribution in [0.3, 0.4) is 0 Å². The quantitative estimate of drug-likeness (QED) is 0.753. The number of rotatable bonds is 5. The molecule has 2 aromatic heterocycles. The highest BCUT2D eigenvalue weighted by molar-refractivity contribution is 5.56. The third-order valence-electron chi connectivity index (χ3n) is 4.19. The van der Waals surface area contributed by atoms with Crippen LogP contribution in [0.25, 0.3) is 5.65 Å². The molecule has 0 aliphatic carbocycles. The molecule has 0 atom stereocenters. The number of nitrogens with zero attached hydrogens (tertiary/aromatic N) is 3. The van der Waals surface area contributed by atoms with Gasteiger partial charge in [-0.15, -0.1) is 0 Å². The second-order valence-corrected chi connectivity index (χ2v) is 5.79. The van der Waals surface area contributed by atoms with E-state index in [1.54, 1.807) is 13.2 Å². The molecule has 0 saturated carbocycles. The van der Waals surface area contributed by atoms with E-state index in [4.69, 9.17) is 4.74 Å². The van der Waals surface area contributed by atoms with E-state index < -0.39 is 0 Å². The van der Waals surface area contributed by atoms with E-state index in [2.05, 4.69) is 22.3 Å². The first-order valence-corrected chi connectivity index (χ1v) is 7.99. The van der Waals surface area contributed by atoms with Crippen molar-refractivity contribution in [3.63, 3.8) is 0 Å². The number of aromatic hydroxyl groups is 1. The van der Waals surface area contributed by atoms with Gasteiger partial charge in [-0.25, -0.2) is 4.98 Å². The van der Waals surface area contributed by atoms with Gasteiger partial charge in [0.15, 0.2) is 17.1 Å². The van der Waals surface area contributed by atoms with Crippen LogP contribution in [0.5, 0.6) is 11.5 Å². The fourth-order valence-electron chi connectivity index (χ4n) is 2.61. The van der Waals surface area contributed by atoms with Gasteiger partial charge in [0.2, 0.25) is 0 Å². The topological polar surface area (TPSA) is 71.7 Å². The Hall–Kier alpha value is -2.76. The number of aryl methyl sites for hydroxylation is 3. The highest BCUT2D eigenvalue weighted by atomic mass is 16.5. The van der Waals surface area contributed by atoms with Crippen LogP contribution < -0.4 is 10.1 Å². The summed E-state index contributed by atoms with van der Waals surface area (Å²) in [5, 5.41) is 17.7. The Kier molecular flexibility index (Phi) is 4.29. The van der Waals surface area contributed by atoms with E-state index >= 15 is 0 Å². The van der Waals surface area contributed by atoms with Crippen molar-refractivity contribution in [1.82, 2.24) is 14.6 Å². The van der Waals surface area contributed by atoms with E-state index in [0.29, 0.717) is 12.3 Å². The Morgan fingerprint density at radius 2 is 2.04 bits per heavy atom. The molecule has 3 aromatic rings. The van der Waals surface area contributed by atoms with Gasteiger partial charge in [0, 0.05) is 23.9 Å². The van der Waals surface area contributed by atoms with E-state index in [-0.39, 0.29) is 5.75 Å². The standard InChI is InChI=1S/C18H22N4O2/c1-5-14-9-17(22-18(20-14)11(2)12(3)21-22)19-10-13-6-7-15(23)16(8-13)24-4/h6-9,19,23H,5,10H2,1-4H3. The SMILES string of the molecule is CCc1cc(NCc2ccc(O)c(OC)c2)n2nc(C)c(C)c2n1. The maximum Gasteiger partial charge on any atom is 0.160 e. The van der Waals surface area contributed by atoms with Gasteiger partial charge in [-0.1, -0.05) is 13.0 Å². The van der Waals surface area contributed by atoms with Crippen molar-refractivity contribution in [1.29, 1.82) is 0 Å². The lowest BCUT2D eigenvalue weighted by Gasteiger charge is -2.11. The fourth-order valence-corrected chi connectivity index (χ4v) is 2.61. The van der Waals surface area contributed by atoms with E-state index in [1.807, 2.05) is 36.6 Å². The number of methoxy groups -OCH3 is 1. The first kappa shape index (κ1) is 16.1. The molecule has 1 aromatic carbocycles. The number of benzene rings is 1. The predicted octanol–water partition coefficient (Wildman–Crippen LogP) is 3.23. The molecule has 0 saturated heterocycles. The average molecular weight is 326 g/mol. The van der Waals surface area contributed by atoms with Crippen molar-refractivity contribution in [3.05, 3.63) is 46.8 Å². The number of phenols is 1. The summed E-state index contributed by atoms with van der Waals surface area (Å²) in [6, 6.07) is 7.35.